The van der Waals surface area contributed by atoms with Crippen LogP contribution in [0, 0.1) is 0 Å². The summed E-state index contributed by atoms with van der Waals surface area (Å²) in [6.45, 7) is 0. The number of hydrogen-bond donors (Lipinski definition) is 0. The van der Waals surface area contributed by atoms with E-state index in [1.165, 1.54) is 30.2 Å². The van der Waals surface area contributed by atoms with Crippen LogP contribution in [0.2, 0.25) is 5.02 Å². The van der Waals surface area contributed by atoms with E-state index in [2.05, 4.69) is 14.8 Å². The van der Waals surface area contributed by atoms with Gasteiger partial charge in [0, 0.05) is 12.4 Å². The SMILES string of the molecule is COC(=O)c1cnc2c(Cl)cnn2c1. The molecule has 0 aliphatic rings. The molecular weight excluding hydrogens is 206 g/mol. The number of fused-ring (bicyclic) bond motifs is 1. The lowest BCUT2D eigenvalue weighted by atomic mass is 10.3. The Morgan fingerprint density at radius 3 is 3.07 bits per heavy atom. The summed E-state index contributed by atoms with van der Waals surface area (Å²) in [5.41, 5.74) is 0.846. The van der Waals surface area contributed by atoms with Crippen molar-refractivity contribution in [3.8, 4) is 0 Å². The number of aromatic nitrogens is 3. The molecule has 0 N–H and O–H groups in total. The van der Waals surface area contributed by atoms with Crippen LogP contribution in [-0.4, -0.2) is 27.7 Å². The summed E-state index contributed by atoms with van der Waals surface area (Å²) in [5, 5.41) is 4.36. The Bertz CT molecular complexity index is 494. The van der Waals surface area contributed by atoms with Gasteiger partial charge in [-0.3, -0.25) is 0 Å². The summed E-state index contributed by atoms with van der Waals surface area (Å²) >= 11 is 5.78. The van der Waals surface area contributed by atoms with E-state index >= 15 is 0 Å². The van der Waals surface area contributed by atoms with Crippen LogP contribution in [0.1, 0.15) is 10.4 Å². The smallest absolute Gasteiger partial charge is 0.341 e. The lowest BCUT2D eigenvalue weighted by Crippen LogP contribution is -2.04. The second-order valence-electron chi connectivity index (χ2n) is 2.59. The zero-order chi connectivity index (χ0) is 10.1. The van der Waals surface area contributed by atoms with Gasteiger partial charge in [-0.25, -0.2) is 14.3 Å². The molecule has 14 heavy (non-hydrogen) atoms. The maximum absolute atomic E-state index is 11.1. The molecule has 0 aliphatic heterocycles. The zero-order valence-corrected chi connectivity index (χ0v) is 8.02. The summed E-state index contributed by atoms with van der Waals surface area (Å²) < 4.78 is 5.96. The minimum atomic E-state index is -0.453. The number of ether oxygens (including phenoxy) is 1. The standard InChI is InChI=1S/C8H6ClN3O2/c1-14-8(13)5-2-10-7-6(9)3-11-12(7)4-5/h2-4H,1H3. The first-order chi connectivity index (χ1) is 6.72. The number of rotatable bonds is 1. The number of halogens is 1. The topological polar surface area (TPSA) is 56.5 Å². The van der Waals surface area contributed by atoms with Crippen LogP contribution in [0.3, 0.4) is 0 Å². The summed E-state index contributed by atoms with van der Waals surface area (Å²) in [6.07, 6.45) is 4.37. The highest BCUT2D eigenvalue weighted by Gasteiger charge is 2.09. The third-order valence-corrected chi connectivity index (χ3v) is 2.00. The molecule has 0 saturated carbocycles. The molecule has 2 aromatic heterocycles. The minimum absolute atomic E-state index is 0.333. The van der Waals surface area contributed by atoms with Crippen molar-refractivity contribution in [2.45, 2.75) is 0 Å². The Morgan fingerprint density at radius 2 is 2.36 bits per heavy atom. The van der Waals surface area contributed by atoms with Crippen molar-refractivity contribution >= 4 is 23.2 Å². The Morgan fingerprint density at radius 1 is 1.57 bits per heavy atom. The second-order valence-corrected chi connectivity index (χ2v) is 3.00. The van der Waals surface area contributed by atoms with E-state index in [-0.39, 0.29) is 0 Å². The van der Waals surface area contributed by atoms with Crippen molar-refractivity contribution in [3.05, 3.63) is 29.2 Å². The molecule has 0 aliphatic carbocycles. The van der Waals surface area contributed by atoms with Gasteiger partial charge < -0.3 is 4.74 Å². The van der Waals surface area contributed by atoms with Gasteiger partial charge in [0.15, 0.2) is 5.65 Å². The van der Waals surface area contributed by atoms with Crippen molar-refractivity contribution in [2.24, 2.45) is 0 Å². The van der Waals surface area contributed by atoms with E-state index in [0.717, 1.165) is 0 Å². The van der Waals surface area contributed by atoms with Crippen molar-refractivity contribution in [1.29, 1.82) is 0 Å². The summed E-state index contributed by atoms with van der Waals surface area (Å²) in [4.78, 5) is 15.1. The zero-order valence-electron chi connectivity index (χ0n) is 7.27. The average Bonchev–Trinajstić information content (AvgIpc) is 2.59. The number of carbonyl (C=O) groups excluding carboxylic acids is 1. The van der Waals surface area contributed by atoms with Crippen LogP contribution in [-0.2, 0) is 4.74 Å². The quantitative estimate of drug-likeness (QED) is 0.665. The van der Waals surface area contributed by atoms with Crippen molar-refractivity contribution in [1.82, 2.24) is 14.6 Å². The van der Waals surface area contributed by atoms with Gasteiger partial charge in [-0.2, -0.15) is 5.10 Å². The van der Waals surface area contributed by atoms with E-state index in [0.29, 0.717) is 16.2 Å². The molecule has 0 bridgehead atoms. The minimum Gasteiger partial charge on any atom is -0.465 e. The van der Waals surface area contributed by atoms with Gasteiger partial charge in [0.1, 0.15) is 5.02 Å². The lowest BCUT2D eigenvalue weighted by molar-refractivity contribution is 0.0599. The molecule has 2 rings (SSSR count). The Hall–Kier alpha value is -1.62. The molecule has 0 radical (unpaired) electrons. The Balaban J connectivity index is 2.57. The molecular formula is C8H6ClN3O2. The van der Waals surface area contributed by atoms with Gasteiger partial charge in [0.25, 0.3) is 0 Å². The van der Waals surface area contributed by atoms with Crippen LogP contribution in [0.4, 0.5) is 0 Å². The van der Waals surface area contributed by atoms with E-state index in [1.54, 1.807) is 0 Å². The molecule has 2 heterocycles. The maximum Gasteiger partial charge on any atom is 0.341 e. The van der Waals surface area contributed by atoms with Gasteiger partial charge in [-0.15, -0.1) is 0 Å². The first-order valence-electron chi connectivity index (χ1n) is 3.79. The van der Waals surface area contributed by atoms with Crippen molar-refractivity contribution in [3.63, 3.8) is 0 Å². The third-order valence-electron chi connectivity index (χ3n) is 1.73. The molecule has 5 nitrogen and oxygen atoms in total. The van der Waals surface area contributed by atoms with Crippen LogP contribution < -0.4 is 0 Å². The number of hydrogen-bond acceptors (Lipinski definition) is 4. The predicted molar refractivity (Wildman–Crippen MR) is 49.3 cm³/mol. The predicted octanol–water partition coefficient (Wildman–Crippen LogP) is 1.17. The van der Waals surface area contributed by atoms with E-state index in [1.807, 2.05) is 0 Å². The van der Waals surface area contributed by atoms with E-state index < -0.39 is 5.97 Å². The fraction of sp³-hybridized carbons (Fsp3) is 0.125. The number of esters is 1. The molecule has 72 valence electrons. The highest BCUT2D eigenvalue weighted by Crippen LogP contribution is 2.14. The van der Waals surface area contributed by atoms with E-state index in [9.17, 15) is 4.79 Å². The van der Waals surface area contributed by atoms with E-state index in [4.69, 9.17) is 11.6 Å². The molecule has 0 spiro atoms. The molecule has 0 atom stereocenters. The second kappa shape index (κ2) is 3.26. The van der Waals surface area contributed by atoms with Gasteiger partial charge in [0.05, 0.1) is 18.9 Å². The first-order valence-corrected chi connectivity index (χ1v) is 4.17. The molecule has 0 fully saturated rings. The summed E-state index contributed by atoms with van der Waals surface area (Å²) in [5.74, 6) is -0.453. The monoisotopic (exact) mass is 211 g/mol. The summed E-state index contributed by atoms with van der Waals surface area (Å²) in [6, 6.07) is 0. The normalized spacial score (nSPS) is 10.4. The highest BCUT2D eigenvalue weighted by atomic mass is 35.5. The molecule has 0 aromatic carbocycles. The average molecular weight is 212 g/mol. The first kappa shape index (κ1) is 8.96. The third kappa shape index (κ3) is 1.31. The number of carbonyl (C=O) groups is 1. The molecule has 6 heteroatoms. The van der Waals surface area contributed by atoms with Gasteiger partial charge in [0.2, 0.25) is 0 Å². The number of nitrogens with zero attached hydrogens (tertiary/aromatic N) is 3. The Labute approximate surface area is 84.3 Å². The van der Waals surface area contributed by atoms with Gasteiger partial charge in [-0.1, -0.05) is 11.6 Å². The molecule has 0 saturated heterocycles. The van der Waals surface area contributed by atoms with Crippen LogP contribution in [0.5, 0.6) is 0 Å². The van der Waals surface area contributed by atoms with Crippen LogP contribution >= 0.6 is 11.6 Å². The fourth-order valence-corrected chi connectivity index (χ4v) is 1.25. The van der Waals surface area contributed by atoms with Crippen molar-refractivity contribution < 1.29 is 9.53 Å². The molecule has 0 unspecified atom stereocenters. The van der Waals surface area contributed by atoms with Crippen LogP contribution in [0.25, 0.3) is 5.65 Å². The lowest BCUT2D eigenvalue weighted by Gasteiger charge is -1.98. The Kier molecular flexibility index (Phi) is 2.09. The van der Waals surface area contributed by atoms with Crippen molar-refractivity contribution in [2.75, 3.05) is 7.11 Å². The summed E-state index contributed by atoms with van der Waals surface area (Å²) in [7, 11) is 1.31. The maximum atomic E-state index is 11.1. The van der Waals surface area contributed by atoms with Gasteiger partial charge >= 0.3 is 5.97 Å². The highest BCUT2D eigenvalue weighted by molar-refractivity contribution is 6.33. The fourth-order valence-electron chi connectivity index (χ4n) is 1.07. The number of methoxy groups -OCH3 is 1. The largest absolute Gasteiger partial charge is 0.465 e. The molecule has 2 aromatic rings. The van der Waals surface area contributed by atoms with Crippen LogP contribution in [0.15, 0.2) is 18.6 Å². The molecule has 0 amide bonds. The van der Waals surface area contributed by atoms with Gasteiger partial charge in [-0.05, 0) is 0 Å².